The van der Waals surface area contributed by atoms with Crippen LogP contribution in [0.2, 0.25) is 0 Å². The molecule has 4 N–H and O–H groups in total. The second-order valence-corrected chi connectivity index (χ2v) is 4.72. The van der Waals surface area contributed by atoms with E-state index in [9.17, 15) is 9.18 Å². The zero-order chi connectivity index (χ0) is 15.3. The van der Waals surface area contributed by atoms with Crippen molar-refractivity contribution >= 4 is 11.7 Å². The van der Waals surface area contributed by atoms with Gasteiger partial charge in [0.05, 0.1) is 12.0 Å². The van der Waals surface area contributed by atoms with E-state index in [1.807, 2.05) is 0 Å². The van der Waals surface area contributed by atoms with E-state index in [-0.39, 0.29) is 23.6 Å². The monoisotopic (exact) mass is 281 g/mol. The summed E-state index contributed by atoms with van der Waals surface area (Å²) in [5.41, 5.74) is 6.68. The average Bonchev–Trinajstić information content (AvgIpc) is 2.42. The zero-order valence-corrected chi connectivity index (χ0v) is 11.9. The molecule has 1 rings (SSSR count). The molecule has 20 heavy (non-hydrogen) atoms. The first-order valence-corrected chi connectivity index (χ1v) is 6.44. The Morgan fingerprint density at radius 3 is 2.70 bits per heavy atom. The second kappa shape index (κ2) is 6.88. The van der Waals surface area contributed by atoms with E-state index in [0.717, 1.165) is 0 Å². The highest BCUT2D eigenvalue weighted by Crippen LogP contribution is 2.17. The van der Waals surface area contributed by atoms with Gasteiger partial charge in [0.25, 0.3) is 0 Å². The van der Waals surface area contributed by atoms with Crippen molar-refractivity contribution in [2.75, 3.05) is 0 Å². The van der Waals surface area contributed by atoms with Crippen LogP contribution in [-0.2, 0) is 4.79 Å². The number of amidine groups is 1. The van der Waals surface area contributed by atoms with Crippen LogP contribution >= 0.6 is 0 Å². The Labute approximate surface area is 117 Å². The largest absolute Gasteiger partial charge is 0.409 e. The first-order chi connectivity index (χ1) is 9.40. The van der Waals surface area contributed by atoms with Crippen LogP contribution in [0.25, 0.3) is 0 Å². The normalized spacial score (nSPS) is 14.7. The maximum Gasteiger partial charge on any atom is 0.231 e. The summed E-state index contributed by atoms with van der Waals surface area (Å²) in [4.78, 5) is 12.0. The van der Waals surface area contributed by atoms with E-state index in [1.165, 1.54) is 6.07 Å². The van der Waals surface area contributed by atoms with E-state index >= 15 is 0 Å². The Morgan fingerprint density at radius 1 is 1.55 bits per heavy atom. The summed E-state index contributed by atoms with van der Waals surface area (Å²) >= 11 is 0. The molecule has 1 aromatic rings. The molecular weight excluding hydrogens is 261 g/mol. The quantitative estimate of drug-likeness (QED) is 0.334. The van der Waals surface area contributed by atoms with Crippen LogP contribution < -0.4 is 11.1 Å². The van der Waals surface area contributed by atoms with Crippen molar-refractivity contribution in [3.05, 3.63) is 35.1 Å². The predicted octanol–water partition coefficient (Wildman–Crippen LogP) is 2.08. The Balaban J connectivity index is 2.81. The second-order valence-electron chi connectivity index (χ2n) is 4.72. The molecule has 6 heteroatoms. The minimum Gasteiger partial charge on any atom is -0.409 e. The molecule has 0 saturated heterocycles. The lowest BCUT2D eigenvalue weighted by Crippen LogP contribution is -2.39. The standard InChI is InChI=1S/C14H20FN3O2/c1-4-11(13(16)18-20)14(19)17-9(3)10-6-5-8(2)12(15)7-10/h5-7,9,11,20H,4H2,1-3H3,(H2,16,18)(H,17,19). The van der Waals surface area contributed by atoms with E-state index in [4.69, 9.17) is 10.9 Å². The lowest BCUT2D eigenvalue weighted by atomic mass is 10.0. The summed E-state index contributed by atoms with van der Waals surface area (Å²) in [5, 5.41) is 14.2. The number of hydrogen-bond acceptors (Lipinski definition) is 3. The Morgan fingerprint density at radius 2 is 2.20 bits per heavy atom. The van der Waals surface area contributed by atoms with Crippen LogP contribution in [-0.4, -0.2) is 17.0 Å². The molecule has 5 nitrogen and oxygen atoms in total. The number of oxime groups is 1. The molecule has 110 valence electrons. The van der Waals surface area contributed by atoms with E-state index in [1.54, 1.807) is 32.9 Å². The van der Waals surface area contributed by atoms with E-state index in [2.05, 4.69) is 10.5 Å². The molecule has 0 bridgehead atoms. The average molecular weight is 281 g/mol. The number of carbonyl (C=O) groups excluding carboxylic acids is 1. The molecule has 2 unspecified atom stereocenters. The highest BCUT2D eigenvalue weighted by Gasteiger charge is 2.23. The van der Waals surface area contributed by atoms with Gasteiger partial charge in [-0.25, -0.2) is 4.39 Å². The van der Waals surface area contributed by atoms with Crippen molar-refractivity contribution in [3.8, 4) is 0 Å². The number of nitrogens with zero attached hydrogens (tertiary/aromatic N) is 1. The first kappa shape index (κ1) is 15.9. The lowest BCUT2D eigenvalue weighted by Gasteiger charge is -2.19. The van der Waals surface area contributed by atoms with Crippen molar-refractivity contribution < 1.29 is 14.4 Å². The molecule has 0 radical (unpaired) electrons. The Bertz CT molecular complexity index is 517. The third-order valence-electron chi connectivity index (χ3n) is 3.25. The molecule has 0 aliphatic carbocycles. The lowest BCUT2D eigenvalue weighted by molar-refractivity contribution is -0.123. The minimum atomic E-state index is -0.697. The highest BCUT2D eigenvalue weighted by molar-refractivity contribution is 6.02. The fraction of sp³-hybridized carbons (Fsp3) is 0.429. The number of rotatable bonds is 5. The van der Waals surface area contributed by atoms with E-state index in [0.29, 0.717) is 17.5 Å². The molecule has 0 aliphatic heterocycles. The van der Waals surface area contributed by atoms with Gasteiger partial charge in [0, 0.05) is 0 Å². The van der Waals surface area contributed by atoms with Crippen molar-refractivity contribution in [3.63, 3.8) is 0 Å². The molecule has 1 amide bonds. The number of nitrogens with one attached hydrogen (secondary N) is 1. The highest BCUT2D eigenvalue weighted by atomic mass is 19.1. The Kier molecular flexibility index (Phi) is 5.49. The van der Waals surface area contributed by atoms with Gasteiger partial charge in [-0.1, -0.05) is 24.2 Å². The van der Waals surface area contributed by atoms with Crippen LogP contribution in [0.15, 0.2) is 23.4 Å². The van der Waals surface area contributed by atoms with Crippen molar-refractivity contribution in [1.82, 2.24) is 5.32 Å². The van der Waals surface area contributed by atoms with E-state index < -0.39 is 5.92 Å². The van der Waals surface area contributed by atoms with Gasteiger partial charge in [0.2, 0.25) is 5.91 Å². The molecule has 0 saturated carbocycles. The topological polar surface area (TPSA) is 87.7 Å². The van der Waals surface area contributed by atoms with Crippen LogP contribution in [0.4, 0.5) is 4.39 Å². The van der Waals surface area contributed by atoms with Gasteiger partial charge in [-0.2, -0.15) is 0 Å². The van der Waals surface area contributed by atoms with Crippen molar-refractivity contribution in [2.45, 2.75) is 33.2 Å². The smallest absolute Gasteiger partial charge is 0.231 e. The van der Waals surface area contributed by atoms with Gasteiger partial charge < -0.3 is 16.3 Å². The number of halogens is 1. The summed E-state index contributed by atoms with van der Waals surface area (Å²) in [6.07, 6.45) is 0.413. The first-order valence-electron chi connectivity index (χ1n) is 6.44. The molecule has 2 atom stereocenters. The number of amides is 1. The molecule has 0 spiro atoms. The van der Waals surface area contributed by atoms with Crippen LogP contribution in [0, 0.1) is 18.7 Å². The number of benzene rings is 1. The number of nitrogens with two attached hydrogens (primary N) is 1. The van der Waals surface area contributed by atoms with Gasteiger partial charge in [-0.3, -0.25) is 4.79 Å². The van der Waals surface area contributed by atoms with Gasteiger partial charge in [0.15, 0.2) is 5.84 Å². The van der Waals surface area contributed by atoms with Crippen LogP contribution in [0.5, 0.6) is 0 Å². The molecule has 0 aliphatic rings. The van der Waals surface area contributed by atoms with Gasteiger partial charge in [0.1, 0.15) is 5.82 Å². The molecule has 0 heterocycles. The summed E-state index contributed by atoms with van der Waals surface area (Å²) in [7, 11) is 0. The number of aryl methyl sites for hydroxylation is 1. The van der Waals surface area contributed by atoms with Gasteiger partial charge >= 0.3 is 0 Å². The summed E-state index contributed by atoms with van der Waals surface area (Å²) in [5.74, 6) is -1.49. The molecule has 1 aromatic carbocycles. The number of carbonyl (C=O) groups is 1. The van der Waals surface area contributed by atoms with Crippen molar-refractivity contribution in [2.24, 2.45) is 16.8 Å². The summed E-state index contributed by atoms with van der Waals surface area (Å²) < 4.78 is 13.5. The minimum absolute atomic E-state index is 0.132. The maximum absolute atomic E-state index is 13.5. The number of hydrogen-bond donors (Lipinski definition) is 3. The zero-order valence-electron chi connectivity index (χ0n) is 11.9. The van der Waals surface area contributed by atoms with Gasteiger partial charge in [-0.05, 0) is 37.5 Å². The maximum atomic E-state index is 13.5. The fourth-order valence-electron chi connectivity index (χ4n) is 1.87. The van der Waals surface area contributed by atoms with Crippen LogP contribution in [0.1, 0.15) is 37.4 Å². The summed E-state index contributed by atoms with van der Waals surface area (Å²) in [6.45, 7) is 5.19. The molecule has 0 fully saturated rings. The molecule has 0 aromatic heterocycles. The third kappa shape index (κ3) is 3.69. The van der Waals surface area contributed by atoms with Crippen LogP contribution in [0.3, 0.4) is 0 Å². The fourth-order valence-corrected chi connectivity index (χ4v) is 1.87. The summed E-state index contributed by atoms with van der Waals surface area (Å²) in [6, 6.07) is 4.45. The van der Waals surface area contributed by atoms with Crippen molar-refractivity contribution in [1.29, 1.82) is 0 Å². The van der Waals surface area contributed by atoms with Gasteiger partial charge in [-0.15, -0.1) is 0 Å². The predicted molar refractivity (Wildman–Crippen MR) is 74.9 cm³/mol. The SMILES string of the molecule is CCC(C(=O)NC(C)c1ccc(C)c(F)c1)/C(N)=N/O. The molecular formula is C14H20FN3O2. The Hall–Kier alpha value is -2.11. The third-order valence-corrected chi connectivity index (χ3v) is 3.25.